The van der Waals surface area contributed by atoms with Gasteiger partial charge in [-0.3, -0.25) is 14.5 Å². The van der Waals surface area contributed by atoms with Crippen LogP contribution in [0.4, 0.5) is 11.4 Å². The topological polar surface area (TPSA) is 73.5 Å². The molecule has 6 nitrogen and oxygen atoms in total. The maximum absolute atomic E-state index is 12.4. The van der Waals surface area contributed by atoms with Gasteiger partial charge in [0.15, 0.2) is 0 Å². The summed E-state index contributed by atoms with van der Waals surface area (Å²) in [6, 6.07) is 14.6. The number of carbonyl (C=O) groups is 2. The highest BCUT2D eigenvalue weighted by atomic mass is 35.5. The van der Waals surface area contributed by atoms with Crippen LogP contribution in [0.2, 0.25) is 5.02 Å². The van der Waals surface area contributed by atoms with Crippen molar-refractivity contribution in [1.29, 1.82) is 0 Å². The minimum absolute atomic E-state index is 0.0433. The minimum atomic E-state index is -0.436. The van der Waals surface area contributed by atoms with E-state index >= 15 is 0 Å². The highest BCUT2D eigenvalue weighted by Gasteiger charge is 2.40. The van der Waals surface area contributed by atoms with Crippen LogP contribution in [-0.4, -0.2) is 42.0 Å². The van der Waals surface area contributed by atoms with Crippen molar-refractivity contribution in [3.05, 3.63) is 59.1 Å². The van der Waals surface area contributed by atoms with E-state index in [1.54, 1.807) is 24.3 Å². The molecule has 0 saturated carbocycles. The third kappa shape index (κ3) is 3.91. The van der Waals surface area contributed by atoms with Gasteiger partial charge in [-0.2, -0.15) is 0 Å². The summed E-state index contributed by atoms with van der Waals surface area (Å²) in [6.45, 7) is 1.77. The molecule has 3 N–H and O–H groups in total. The molecule has 2 aromatic carbocycles. The van der Waals surface area contributed by atoms with E-state index in [0.29, 0.717) is 17.1 Å². The van der Waals surface area contributed by atoms with Gasteiger partial charge in [-0.1, -0.05) is 23.7 Å². The lowest BCUT2D eigenvalue weighted by Gasteiger charge is -2.45. The zero-order valence-corrected chi connectivity index (χ0v) is 15.6. The van der Waals surface area contributed by atoms with Gasteiger partial charge >= 0.3 is 0 Å². The Hall–Kier alpha value is -2.57. The van der Waals surface area contributed by atoms with Crippen LogP contribution in [0.3, 0.4) is 0 Å². The molecule has 7 heteroatoms. The number of hydrogen-bond donors (Lipinski definition) is 3. The van der Waals surface area contributed by atoms with E-state index in [1.165, 1.54) is 0 Å². The first-order chi connectivity index (χ1) is 13.0. The molecular formula is C20H21ClN4O2. The number of fused-ring (bicyclic) bond motifs is 1. The summed E-state index contributed by atoms with van der Waals surface area (Å²) < 4.78 is 0. The molecule has 140 valence electrons. The predicted molar refractivity (Wildman–Crippen MR) is 106 cm³/mol. The normalized spacial score (nSPS) is 18.3. The third-order valence-electron chi connectivity index (χ3n) is 5.10. The molecule has 4 rings (SSSR count). The van der Waals surface area contributed by atoms with Crippen molar-refractivity contribution in [2.45, 2.75) is 18.5 Å². The van der Waals surface area contributed by atoms with Crippen LogP contribution < -0.4 is 16.0 Å². The van der Waals surface area contributed by atoms with E-state index in [4.69, 9.17) is 11.6 Å². The Morgan fingerprint density at radius 3 is 2.52 bits per heavy atom. The average Bonchev–Trinajstić information content (AvgIpc) is 2.66. The number of para-hydroxylation sites is 1. The van der Waals surface area contributed by atoms with Gasteiger partial charge in [0.05, 0.1) is 12.1 Å². The summed E-state index contributed by atoms with van der Waals surface area (Å²) in [6.07, 6.45) is 1.47. The van der Waals surface area contributed by atoms with Crippen LogP contribution in [0.1, 0.15) is 23.2 Å². The van der Waals surface area contributed by atoms with Crippen molar-refractivity contribution in [2.75, 3.05) is 30.3 Å². The van der Waals surface area contributed by atoms with E-state index in [1.807, 2.05) is 24.3 Å². The molecule has 1 fully saturated rings. The zero-order chi connectivity index (χ0) is 18.9. The molecular weight excluding hydrogens is 364 g/mol. The summed E-state index contributed by atoms with van der Waals surface area (Å²) >= 11 is 5.86. The smallest absolute Gasteiger partial charge is 0.255 e. The van der Waals surface area contributed by atoms with Gasteiger partial charge in [-0.05, 0) is 36.4 Å². The summed E-state index contributed by atoms with van der Waals surface area (Å²) in [7, 11) is 0. The molecule has 2 aliphatic heterocycles. The number of piperidine rings is 1. The lowest BCUT2D eigenvalue weighted by atomic mass is 9.92. The quantitative estimate of drug-likeness (QED) is 0.760. The average molecular weight is 385 g/mol. The van der Waals surface area contributed by atoms with Crippen molar-refractivity contribution in [3.8, 4) is 0 Å². The number of amides is 2. The molecule has 2 aliphatic rings. The van der Waals surface area contributed by atoms with Crippen LogP contribution in [0, 0.1) is 0 Å². The SMILES string of the molecule is O=C(CN1CCC2(CC1)NC(=O)c1ccccc1N2)Nc1ccc(Cl)cc1. The van der Waals surface area contributed by atoms with E-state index in [9.17, 15) is 9.59 Å². The molecule has 27 heavy (non-hydrogen) atoms. The lowest BCUT2D eigenvalue weighted by molar-refractivity contribution is -0.117. The monoisotopic (exact) mass is 384 g/mol. The second-order valence-corrected chi connectivity index (χ2v) is 7.47. The Morgan fingerprint density at radius 2 is 1.78 bits per heavy atom. The molecule has 0 aromatic heterocycles. The van der Waals surface area contributed by atoms with Crippen molar-refractivity contribution in [1.82, 2.24) is 10.2 Å². The van der Waals surface area contributed by atoms with Crippen LogP contribution in [-0.2, 0) is 4.79 Å². The van der Waals surface area contributed by atoms with E-state index in [-0.39, 0.29) is 11.8 Å². The third-order valence-corrected chi connectivity index (χ3v) is 5.36. The standard InChI is InChI=1S/C20H21ClN4O2/c21-14-5-7-15(8-6-14)22-18(26)13-25-11-9-20(10-12-25)23-17-4-2-1-3-16(17)19(27)24-20/h1-8,23H,9-13H2,(H,22,26)(H,24,27). The maximum Gasteiger partial charge on any atom is 0.255 e. The number of hydrogen-bond acceptors (Lipinski definition) is 4. The first kappa shape index (κ1) is 17.8. The molecule has 0 aliphatic carbocycles. The van der Waals surface area contributed by atoms with Crippen LogP contribution >= 0.6 is 11.6 Å². The summed E-state index contributed by atoms with van der Waals surface area (Å²) in [5.74, 6) is -0.0995. The Labute approximate surface area is 162 Å². The fourth-order valence-electron chi connectivity index (χ4n) is 3.64. The van der Waals surface area contributed by atoms with E-state index < -0.39 is 5.66 Å². The van der Waals surface area contributed by atoms with Crippen molar-refractivity contribution in [2.24, 2.45) is 0 Å². The van der Waals surface area contributed by atoms with E-state index in [2.05, 4.69) is 20.9 Å². The van der Waals surface area contributed by atoms with Gasteiger partial charge in [0, 0.05) is 42.3 Å². The molecule has 0 bridgehead atoms. The number of nitrogens with zero attached hydrogens (tertiary/aromatic N) is 1. The summed E-state index contributed by atoms with van der Waals surface area (Å²) in [5.41, 5.74) is 1.84. The first-order valence-electron chi connectivity index (χ1n) is 9.01. The van der Waals surface area contributed by atoms with Crippen LogP contribution in [0.5, 0.6) is 0 Å². The number of likely N-dealkylation sites (tertiary alicyclic amines) is 1. The predicted octanol–water partition coefficient (Wildman–Crippen LogP) is 2.93. The van der Waals surface area contributed by atoms with Gasteiger partial charge in [0.2, 0.25) is 5.91 Å². The molecule has 0 radical (unpaired) electrons. The molecule has 0 unspecified atom stereocenters. The Kier molecular flexibility index (Phi) is 4.76. The number of nitrogens with one attached hydrogen (secondary N) is 3. The summed E-state index contributed by atoms with van der Waals surface area (Å²) in [4.78, 5) is 26.8. The molecule has 2 heterocycles. The Bertz CT molecular complexity index is 861. The Morgan fingerprint density at radius 1 is 1.07 bits per heavy atom. The second kappa shape index (κ2) is 7.21. The van der Waals surface area contributed by atoms with Crippen molar-refractivity contribution in [3.63, 3.8) is 0 Å². The van der Waals surface area contributed by atoms with Crippen LogP contribution in [0.25, 0.3) is 0 Å². The lowest BCUT2D eigenvalue weighted by Crippen LogP contribution is -2.62. The molecule has 1 saturated heterocycles. The highest BCUT2D eigenvalue weighted by Crippen LogP contribution is 2.31. The Balaban J connectivity index is 1.33. The van der Waals surface area contributed by atoms with Gasteiger partial charge in [0.25, 0.3) is 5.91 Å². The molecule has 2 aromatic rings. The number of halogens is 1. The van der Waals surface area contributed by atoms with Crippen molar-refractivity contribution < 1.29 is 9.59 Å². The minimum Gasteiger partial charge on any atom is -0.362 e. The zero-order valence-electron chi connectivity index (χ0n) is 14.8. The van der Waals surface area contributed by atoms with Gasteiger partial charge in [0.1, 0.15) is 5.66 Å². The molecule has 0 atom stereocenters. The second-order valence-electron chi connectivity index (χ2n) is 7.04. The van der Waals surface area contributed by atoms with Crippen LogP contribution in [0.15, 0.2) is 48.5 Å². The highest BCUT2D eigenvalue weighted by molar-refractivity contribution is 6.30. The molecule has 1 spiro atoms. The number of carbonyl (C=O) groups excluding carboxylic acids is 2. The van der Waals surface area contributed by atoms with E-state index in [0.717, 1.165) is 37.3 Å². The number of anilines is 2. The fourth-order valence-corrected chi connectivity index (χ4v) is 3.77. The van der Waals surface area contributed by atoms with Gasteiger partial charge < -0.3 is 16.0 Å². The summed E-state index contributed by atoms with van der Waals surface area (Å²) in [5, 5.41) is 10.1. The van der Waals surface area contributed by atoms with Gasteiger partial charge in [-0.15, -0.1) is 0 Å². The maximum atomic E-state index is 12.4. The largest absolute Gasteiger partial charge is 0.362 e. The number of benzene rings is 2. The van der Waals surface area contributed by atoms with Crippen molar-refractivity contribution >= 4 is 34.8 Å². The number of rotatable bonds is 3. The fraction of sp³-hybridized carbons (Fsp3) is 0.300. The molecule has 2 amide bonds. The van der Waals surface area contributed by atoms with Gasteiger partial charge in [-0.25, -0.2) is 0 Å². The first-order valence-corrected chi connectivity index (χ1v) is 9.38.